The second-order valence-corrected chi connectivity index (χ2v) is 6.12. The molecule has 0 radical (unpaired) electrons. The predicted molar refractivity (Wildman–Crippen MR) is 104 cm³/mol. The Morgan fingerprint density at radius 2 is 1.82 bits per heavy atom. The van der Waals surface area contributed by atoms with Gasteiger partial charge in [-0.25, -0.2) is 0 Å². The number of aromatic amines is 2. The summed E-state index contributed by atoms with van der Waals surface area (Å²) in [7, 11) is 1.63. The minimum atomic E-state index is -0.357. The molecule has 2 heterocycles. The van der Waals surface area contributed by atoms with Crippen LogP contribution >= 0.6 is 0 Å². The quantitative estimate of drug-likeness (QED) is 0.481. The van der Waals surface area contributed by atoms with E-state index in [2.05, 4.69) is 30.7 Å². The molecular weight excluding hydrogens is 356 g/mol. The van der Waals surface area contributed by atoms with E-state index in [-0.39, 0.29) is 11.9 Å². The van der Waals surface area contributed by atoms with Crippen molar-refractivity contribution in [2.24, 2.45) is 0 Å². The van der Waals surface area contributed by atoms with E-state index in [0.29, 0.717) is 23.6 Å². The summed E-state index contributed by atoms with van der Waals surface area (Å²) in [5.41, 5.74) is 3.01. The Bertz CT molecular complexity index is 1070. The number of nitrogens with zero attached hydrogens (tertiary/aromatic N) is 3. The second kappa shape index (κ2) is 7.75. The highest BCUT2D eigenvalue weighted by molar-refractivity contribution is 6.02. The highest BCUT2D eigenvalue weighted by Gasteiger charge is 2.14. The summed E-state index contributed by atoms with van der Waals surface area (Å²) in [6.45, 7) is 0. The average molecular weight is 374 g/mol. The number of ether oxygens (including phenoxy) is 1. The Balaban J connectivity index is 1.41. The van der Waals surface area contributed by atoms with Crippen molar-refractivity contribution in [1.82, 2.24) is 25.4 Å². The standard InChI is InChI=1S/C20H18N6O2/c1-28-15-9-7-13(8-10-15)11-18-21-20(26-25-18)22-19(27)17-12-16(23-24-17)14-5-3-2-4-6-14/h2-10,12H,11H2,1H3,(H,23,24)(H2,21,22,25,26,27). The van der Waals surface area contributed by atoms with Crippen molar-refractivity contribution in [2.75, 3.05) is 12.4 Å². The Morgan fingerprint density at radius 1 is 1.04 bits per heavy atom. The van der Waals surface area contributed by atoms with Crippen LogP contribution in [0.4, 0.5) is 5.95 Å². The molecule has 0 aliphatic carbocycles. The van der Waals surface area contributed by atoms with Gasteiger partial charge in [-0.05, 0) is 23.8 Å². The molecule has 0 aliphatic rings. The minimum Gasteiger partial charge on any atom is -0.497 e. The highest BCUT2D eigenvalue weighted by Crippen LogP contribution is 2.17. The Hall–Kier alpha value is -3.94. The first-order valence-electron chi connectivity index (χ1n) is 8.67. The first kappa shape index (κ1) is 17.5. The Labute approximate surface area is 161 Å². The Morgan fingerprint density at radius 3 is 2.57 bits per heavy atom. The molecule has 2 aromatic heterocycles. The van der Waals surface area contributed by atoms with Crippen LogP contribution in [-0.4, -0.2) is 38.4 Å². The van der Waals surface area contributed by atoms with Crippen molar-refractivity contribution in [3.63, 3.8) is 0 Å². The molecule has 8 heteroatoms. The zero-order chi connectivity index (χ0) is 19.3. The molecule has 28 heavy (non-hydrogen) atoms. The molecule has 0 spiro atoms. The van der Waals surface area contributed by atoms with Crippen LogP contribution in [0.3, 0.4) is 0 Å². The maximum atomic E-state index is 12.4. The van der Waals surface area contributed by atoms with E-state index >= 15 is 0 Å². The molecule has 3 N–H and O–H groups in total. The number of aromatic nitrogens is 5. The summed E-state index contributed by atoms with van der Waals surface area (Å²) in [6, 6.07) is 19.0. The van der Waals surface area contributed by atoms with Gasteiger partial charge in [-0.2, -0.15) is 10.1 Å². The predicted octanol–water partition coefficient (Wildman–Crippen LogP) is 3.05. The van der Waals surface area contributed by atoms with Crippen molar-refractivity contribution in [2.45, 2.75) is 6.42 Å². The molecule has 0 fully saturated rings. The van der Waals surface area contributed by atoms with E-state index < -0.39 is 0 Å². The third kappa shape index (κ3) is 3.90. The lowest BCUT2D eigenvalue weighted by molar-refractivity contribution is 0.102. The van der Waals surface area contributed by atoms with Crippen LogP contribution < -0.4 is 10.1 Å². The van der Waals surface area contributed by atoms with Gasteiger partial charge in [-0.15, -0.1) is 5.10 Å². The smallest absolute Gasteiger partial charge is 0.276 e. The second-order valence-electron chi connectivity index (χ2n) is 6.12. The lowest BCUT2D eigenvalue weighted by Crippen LogP contribution is -2.13. The molecule has 8 nitrogen and oxygen atoms in total. The summed E-state index contributed by atoms with van der Waals surface area (Å²) in [6.07, 6.45) is 0.565. The number of H-pyrrole nitrogens is 2. The molecule has 4 rings (SSSR count). The van der Waals surface area contributed by atoms with Crippen LogP contribution in [-0.2, 0) is 6.42 Å². The number of benzene rings is 2. The summed E-state index contributed by atoms with van der Waals surface area (Å²) in [5.74, 6) is 1.30. The summed E-state index contributed by atoms with van der Waals surface area (Å²) >= 11 is 0. The van der Waals surface area contributed by atoms with E-state index in [4.69, 9.17) is 4.74 Å². The fraction of sp³-hybridized carbons (Fsp3) is 0.100. The van der Waals surface area contributed by atoms with Gasteiger partial charge in [0.05, 0.1) is 12.8 Å². The lowest BCUT2D eigenvalue weighted by atomic mass is 10.1. The van der Waals surface area contributed by atoms with Gasteiger partial charge in [0.25, 0.3) is 5.91 Å². The number of hydrogen-bond donors (Lipinski definition) is 3. The van der Waals surface area contributed by atoms with Gasteiger partial charge >= 0.3 is 0 Å². The van der Waals surface area contributed by atoms with Crippen LogP contribution in [0.5, 0.6) is 5.75 Å². The van der Waals surface area contributed by atoms with Gasteiger partial charge in [0.1, 0.15) is 17.3 Å². The van der Waals surface area contributed by atoms with Gasteiger partial charge in [0, 0.05) is 12.0 Å². The molecule has 140 valence electrons. The maximum absolute atomic E-state index is 12.4. The highest BCUT2D eigenvalue weighted by atomic mass is 16.5. The number of amides is 1. The third-order valence-corrected chi connectivity index (χ3v) is 4.18. The van der Waals surface area contributed by atoms with Gasteiger partial charge in [0.15, 0.2) is 0 Å². The lowest BCUT2D eigenvalue weighted by Gasteiger charge is -2.01. The molecule has 0 bridgehead atoms. The molecule has 0 saturated heterocycles. The number of carbonyl (C=O) groups excluding carboxylic acids is 1. The number of methoxy groups -OCH3 is 1. The molecule has 4 aromatic rings. The van der Waals surface area contributed by atoms with E-state index in [1.807, 2.05) is 54.6 Å². The maximum Gasteiger partial charge on any atom is 0.276 e. The average Bonchev–Trinajstić information content (AvgIpc) is 3.39. The summed E-state index contributed by atoms with van der Waals surface area (Å²) < 4.78 is 5.15. The number of anilines is 1. The van der Waals surface area contributed by atoms with Gasteiger partial charge in [-0.3, -0.25) is 20.3 Å². The van der Waals surface area contributed by atoms with Crippen molar-refractivity contribution in [3.05, 3.63) is 77.7 Å². The number of rotatable bonds is 6. The largest absolute Gasteiger partial charge is 0.497 e. The van der Waals surface area contributed by atoms with Gasteiger partial charge in [0.2, 0.25) is 5.95 Å². The molecule has 0 saturated carbocycles. The number of hydrogen-bond acceptors (Lipinski definition) is 5. The third-order valence-electron chi connectivity index (χ3n) is 4.18. The van der Waals surface area contributed by atoms with Crippen LogP contribution in [0.2, 0.25) is 0 Å². The molecule has 1 amide bonds. The molecular formula is C20H18N6O2. The summed E-state index contributed by atoms with van der Waals surface area (Å²) in [4.78, 5) is 16.7. The monoisotopic (exact) mass is 374 g/mol. The fourth-order valence-corrected chi connectivity index (χ4v) is 2.73. The number of nitrogens with one attached hydrogen (secondary N) is 3. The number of carbonyl (C=O) groups is 1. The summed E-state index contributed by atoms with van der Waals surface area (Å²) in [5, 5.41) is 16.5. The molecule has 2 aromatic carbocycles. The van der Waals surface area contributed by atoms with E-state index in [0.717, 1.165) is 16.9 Å². The van der Waals surface area contributed by atoms with Gasteiger partial charge < -0.3 is 4.74 Å². The van der Waals surface area contributed by atoms with Crippen LogP contribution in [0.25, 0.3) is 11.3 Å². The molecule has 0 aliphatic heterocycles. The normalized spacial score (nSPS) is 10.6. The first-order chi connectivity index (χ1) is 13.7. The van der Waals surface area contributed by atoms with Crippen LogP contribution in [0.1, 0.15) is 21.9 Å². The van der Waals surface area contributed by atoms with E-state index in [1.165, 1.54) is 0 Å². The van der Waals surface area contributed by atoms with Crippen molar-refractivity contribution in [1.29, 1.82) is 0 Å². The topological polar surface area (TPSA) is 109 Å². The van der Waals surface area contributed by atoms with E-state index in [9.17, 15) is 4.79 Å². The zero-order valence-electron chi connectivity index (χ0n) is 15.1. The zero-order valence-corrected chi connectivity index (χ0v) is 15.1. The van der Waals surface area contributed by atoms with Gasteiger partial charge in [-0.1, -0.05) is 42.5 Å². The molecule has 0 atom stereocenters. The van der Waals surface area contributed by atoms with Crippen LogP contribution in [0.15, 0.2) is 60.7 Å². The van der Waals surface area contributed by atoms with Crippen molar-refractivity contribution < 1.29 is 9.53 Å². The minimum absolute atomic E-state index is 0.212. The van der Waals surface area contributed by atoms with Crippen molar-refractivity contribution >= 4 is 11.9 Å². The molecule has 0 unspecified atom stereocenters. The Kier molecular flexibility index (Phi) is 4.83. The van der Waals surface area contributed by atoms with Crippen LogP contribution in [0, 0.1) is 0 Å². The first-order valence-corrected chi connectivity index (χ1v) is 8.67. The fourth-order valence-electron chi connectivity index (χ4n) is 2.73. The van der Waals surface area contributed by atoms with E-state index in [1.54, 1.807) is 13.2 Å². The van der Waals surface area contributed by atoms with Crippen molar-refractivity contribution in [3.8, 4) is 17.0 Å². The SMILES string of the molecule is COc1ccc(Cc2nc(NC(=O)c3cc(-c4ccccc4)n[nH]3)n[nH]2)cc1.